The van der Waals surface area contributed by atoms with Crippen molar-refractivity contribution in [3.63, 3.8) is 0 Å². The molecule has 1 rings (SSSR count). The van der Waals surface area contributed by atoms with Gasteiger partial charge in [0.1, 0.15) is 6.04 Å². The van der Waals surface area contributed by atoms with Crippen molar-refractivity contribution in [2.75, 3.05) is 0 Å². The summed E-state index contributed by atoms with van der Waals surface area (Å²) in [4.78, 5) is 22.3. The van der Waals surface area contributed by atoms with Crippen LogP contribution in [0.5, 0.6) is 0 Å². The Morgan fingerprint density at radius 1 is 1.33 bits per heavy atom. The van der Waals surface area contributed by atoms with E-state index < -0.39 is 29.6 Å². The van der Waals surface area contributed by atoms with Crippen LogP contribution in [0.2, 0.25) is 0 Å². The first-order chi connectivity index (χ1) is 8.21. The molecule has 0 aliphatic rings. The summed E-state index contributed by atoms with van der Waals surface area (Å²) in [6.45, 7) is 1.34. The molecule has 0 aliphatic heterocycles. The van der Waals surface area contributed by atoms with Gasteiger partial charge < -0.3 is 11.1 Å². The van der Waals surface area contributed by atoms with Crippen molar-refractivity contribution in [1.82, 2.24) is 5.32 Å². The van der Waals surface area contributed by atoms with Gasteiger partial charge in [-0.25, -0.2) is 0 Å². The lowest BCUT2D eigenvalue weighted by atomic mass is 10.1. The highest BCUT2D eigenvalue weighted by Crippen LogP contribution is 2.29. The van der Waals surface area contributed by atoms with Crippen LogP contribution in [-0.2, 0) is 11.0 Å². The number of benzene rings is 1. The number of nitrogens with one attached hydrogen (secondary N) is 1. The fourth-order valence-electron chi connectivity index (χ4n) is 1.19. The Bertz CT molecular complexity index is 472. The van der Waals surface area contributed by atoms with Crippen molar-refractivity contribution in [1.29, 1.82) is 0 Å². The van der Waals surface area contributed by atoms with Crippen LogP contribution in [0.3, 0.4) is 0 Å². The molecule has 7 heteroatoms. The number of hydrogen-bond donors (Lipinski definition) is 2. The topological polar surface area (TPSA) is 72.2 Å². The van der Waals surface area contributed by atoms with E-state index in [0.29, 0.717) is 6.07 Å². The highest BCUT2D eigenvalue weighted by atomic mass is 19.4. The van der Waals surface area contributed by atoms with Gasteiger partial charge in [-0.05, 0) is 25.1 Å². The van der Waals surface area contributed by atoms with Crippen LogP contribution >= 0.6 is 0 Å². The van der Waals surface area contributed by atoms with Crippen LogP contribution in [0.1, 0.15) is 22.8 Å². The van der Waals surface area contributed by atoms with Gasteiger partial charge >= 0.3 is 6.18 Å². The van der Waals surface area contributed by atoms with Gasteiger partial charge in [0.15, 0.2) is 0 Å². The van der Waals surface area contributed by atoms with Crippen molar-refractivity contribution in [2.45, 2.75) is 19.1 Å². The number of amides is 2. The molecule has 0 radical (unpaired) electrons. The molecule has 3 N–H and O–H groups in total. The zero-order chi connectivity index (χ0) is 13.9. The molecule has 0 bridgehead atoms. The lowest BCUT2D eigenvalue weighted by Crippen LogP contribution is -2.42. The van der Waals surface area contributed by atoms with Crippen LogP contribution in [-0.4, -0.2) is 17.9 Å². The summed E-state index contributed by atoms with van der Waals surface area (Å²) >= 11 is 0. The van der Waals surface area contributed by atoms with Crippen LogP contribution < -0.4 is 11.1 Å². The third-order valence-electron chi connectivity index (χ3n) is 2.23. The second-order valence-corrected chi connectivity index (χ2v) is 3.68. The quantitative estimate of drug-likeness (QED) is 0.860. The monoisotopic (exact) mass is 260 g/mol. The Morgan fingerprint density at radius 3 is 2.44 bits per heavy atom. The molecule has 0 unspecified atom stereocenters. The van der Waals surface area contributed by atoms with Crippen molar-refractivity contribution in [3.05, 3.63) is 35.4 Å². The summed E-state index contributed by atoms with van der Waals surface area (Å²) in [7, 11) is 0. The number of halogens is 3. The van der Waals surface area contributed by atoms with Crippen LogP contribution in [0, 0.1) is 0 Å². The van der Waals surface area contributed by atoms with Gasteiger partial charge in [0.25, 0.3) is 5.91 Å². The molecule has 0 saturated heterocycles. The highest BCUT2D eigenvalue weighted by Gasteiger charge is 2.31. The minimum Gasteiger partial charge on any atom is -0.368 e. The van der Waals surface area contributed by atoms with Gasteiger partial charge in [-0.2, -0.15) is 13.2 Å². The second-order valence-electron chi connectivity index (χ2n) is 3.68. The SMILES string of the molecule is C[C@@H](NC(=O)c1cccc(C(F)(F)F)c1)C(N)=O. The average molecular weight is 260 g/mol. The van der Waals surface area contributed by atoms with E-state index in [4.69, 9.17) is 5.73 Å². The molecule has 0 saturated carbocycles. The molecule has 0 fully saturated rings. The number of carbonyl (C=O) groups excluding carboxylic acids is 2. The maximum atomic E-state index is 12.4. The highest BCUT2D eigenvalue weighted by molar-refractivity contribution is 5.97. The number of primary amides is 1. The van der Waals surface area contributed by atoms with Crippen molar-refractivity contribution >= 4 is 11.8 Å². The molecule has 1 aromatic rings. The van der Waals surface area contributed by atoms with E-state index in [0.717, 1.165) is 12.1 Å². The first-order valence-electron chi connectivity index (χ1n) is 4.99. The van der Waals surface area contributed by atoms with E-state index in [-0.39, 0.29) is 5.56 Å². The van der Waals surface area contributed by atoms with Crippen molar-refractivity contribution in [3.8, 4) is 0 Å². The summed E-state index contributed by atoms with van der Waals surface area (Å²) in [6.07, 6.45) is -4.52. The molecule has 1 aromatic carbocycles. The van der Waals surface area contributed by atoms with Gasteiger partial charge in [-0.15, -0.1) is 0 Å². The minimum absolute atomic E-state index is 0.182. The first-order valence-corrected chi connectivity index (χ1v) is 4.99. The maximum absolute atomic E-state index is 12.4. The fraction of sp³-hybridized carbons (Fsp3) is 0.273. The number of nitrogens with two attached hydrogens (primary N) is 1. The molecule has 2 amide bonds. The largest absolute Gasteiger partial charge is 0.416 e. The average Bonchev–Trinajstić information content (AvgIpc) is 2.27. The molecule has 0 aromatic heterocycles. The summed E-state index contributed by atoms with van der Waals surface area (Å²) < 4.78 is 37.2. The zero-order valence-electron chi connectivity index (χ0n) is 9.41. The third-order valence-corrected chi connectivity index (χ3v) is 2.23. The Hall–Kier alpha value is -2.05. The molecule has 0 aliphatic carbocycles. The molecule has 0 heterocycles. The van der Waals surface area contributed by atoms with E-state index in [1.807, 2.05) is 0 Å². The minimum atomic E-state index is -4.52. The van der Waals surface area contributed by atoms with Gasteiger partial charge in [0, 0.05) is 5.56 Å². The molecule has 1 atom stereocenters. The van der Waals surface area contributed by atoms with Gasteiger partial charge in [-0.3, -0.25) is 9.59 Å². The Morgan fingerprint density at radius 2 is 1.94 bits per heavy atom. The van der Waals surface area contributed by atoms with Gasteiger partial charge in [0.2, 0.25) is 5.91 Å². The lowest BCUT2D eigenvalue weighted by molar-refractivity contribution is -0.137. The number of hydrogen-bond acceptors (Lipinski definition) is 2. The molecular weight excluding hydrogens is 249 g/mol. The lowest BCUT2D eigenvalue weighted by Gasteiger charge is -2.11. The normalized spacial score (nSPS) is 12.9. The second kappa shape index (κ2) is 5.07. The van der Waals surface area contributed by atoms with Gasteiger partial charge in [-0.1, -0.05) is 6.07 Å². The Labute approximate surface area is 101 Å². The smallest absolute Gasteiger partial charge is 0.368 e. The van der Waals surface area contributed by atoms with E-state index in [9.17, 15) is 22.8 Å². The van der Waals surface area contributed by atoms with E-state index in [1.165, 1.54) is 13.0 Å². The summed E-state index contributed by atoms with van der Waals surface area (Å²) in [6, 6.07) is 2.95. The van der Waals surface area contributed by atoms with E-state index in [2.05, 4.69) is 5.32 Å². The summed E-state index contributed by atoms with van der Waals surface area (Å²) in [5.74, 6) is -1.55. The predicted octanol–water partition coefficient (Wildman–Crippen LogP) is 1.31. The van der Waals surface area contributed by atoms with Crippen LogP contribution in [0.25, 0.3) is 0 Å². The maximum Gasteiger partial charge on any atom is 0.416 e. The summed E-state index contributed by atoms with van der Waals surface area (Å²) in [5, 5.41) is 2.19. The predicted molar refractivity (Wildman–Crippen MR) is 57.6 cm³/mol. The third kappa shape index (κ3) is 3.47. The Kier molecular flexibility index (Phi) is 3.95. The molecule has 18 heavy (non-hydrogen) atoms. The van der Waals surface area contributed by atoms with Crippen molar-refractivity contribution < 1.29 is 22.8 Å². The summed E-state index contributed by atoms with van der Waals surface area (Å²) in [5.41, 5.74) is 3.82. The van der Waals surface area contributed by atoms with E-state index in [1.54, 1.807) is 0 Å². The van der Waals surface area contributed by atoms with Gasteiger partial charge in [0.05, 0.1) is 5.56 Å². The van der Waals surface area contributed by atoms with Crippen molar-refractivity contribution in [2.24, 2.45) is 5.73 Å². The first kappa shape index (κ1) is 14.0. The molecular formula is C11H11F3N2O2. The standard InChI is InChI=1S/C11H11F3N2O2/c1-6(9(15)17)16-10(18)7-3-2-4-8(5-7)11(12,13)14/h2-6H,1H3,(H2,15,17)(H,16,18)/t6-/m1/s1. The molecule has 0 spiro atoms. The van der Waals surface area contributed by atoms with E-state index >= 15 is 0 Å². The van der Waals surface area contributed by atoms with Crippen LogP contribution in [0.15, 0.2) is 24.3 Å². The van der Waals surface area contributed by atoms with Crippen LogP contribution in [0.4, 0.5) is 13.2 Å². The Balaban J connectivity index is 2.91. The number of carbonyl (C=O) groups is 2. The fourth-order valence-corrected chi connectivity index (χ4v) is 1.19. The number of rotatable bonds is 3. The molecule has 4 nitrogen and oxygen atoms in total. The number of alkyl halides is 3. The molecule has 98 valence electrons. The zero-order valence-corrected chi connectivity index (χ0v) is 9.41.